The van der Waals surface area contributed by atoms with Crippen LogP contribution in [0.15, 0.2) is 47.1 Å². The van der Waals surface area contributed by atoms with Gasteiger partial charge in [-0.15, -0.1) is 0 Å². The Hall–Kier alpha value is -2.19. The van der Waals surface area contributed by atoms with E-state index in [4.69, 9.17) is 4.42 Å². The zero-order chi connectivity index (χ0) is 16.9. The number of rotatable bonds is 7. The van der Waals surface area contributed by atoms with Crippen molar-refractivity contribution in [3.05, 3.63) is 59.8 Å². The Morgan fingerprint density at radius 1 is 1.26 bits per heavy atom. The van der Waals surface area contributed by atoms with E-state index >= 15 is 0 Å². The van der Waals surface area contributed by atoms with Gasteiger partial charge in [0.15, 0.2) is 0 Å². The summed E-state index contributed by atoms with van der Waals surface area (Å²) >= 11 is 0. The molecule has 0 fully saturated rings. The number of hydrogen-bond donors (Lipinski definition) is 2. The fourth-order valence-electron chi connectivity index (χ4n) is 1.91. The fraction of sp³-hybridized carbons (Fsp3) is 0.267. The van der Waals surface area contributed by atoms with Crippen LogP contribution in [0.25, 0.3) is 0 Å². The van der Waals surface area contributed by atoms with E-state index < -0.39 is 27.8 Å². The van der Waals surface area contributed by atoms with E-state index in [9.17, 15) is 17.6 Å². The first kappa shape index (κ1) is 17.2. The van der Waals surface area contributed by atoms with Gasteiger partial charge in [-0.3, -0.25) is 4.79 Å². The van der Waals surface area contributed by atoms with Crippen molar-refractivity contribution >= 4 is 15.9 Å². The normalized spacial score (nSPS) is 12.8. The average Bonchev–Trinajstić information content (AvgIpc) is 2.99. The fourth-order valence-corrected chi connectivity index (χ4v) is 3.27. The Balaban J connectivity index is 1.88. The van der Waals surface area contributed by atoms with Crippen LogP contribution >= 0.6 is 0 Å². The maximum Gasteiger partial charge on any atom is 0.238 e. The van der Waals surface area contributed by atoms with Crippen molar-refractivity contribution < 1.29 is 22.0 Å². The molecule has 1 atom stereocenters. The van der Waals surface area contributed by atoms with E-state index in [0.717, 1.165) is 0 Å². The summed E-state index contributed by atoms with van der Waals surface area (Å²) in [6, 6.07) is 7.59. The molecule has 0 bridgehead atoms. The number of sulfonamides is 1. The summed E-state index contributed by atoms with van der Waals surface area (Å²) in [6.07, 6.45) is 1.48. The highest BCUT2D eigenvalue weighted by Crippen LogP contribution is 2.07. The highest BCUT2D eigenvalue weighted by molar-refractivity contribution is 7.88. The Bertz CT molecular complexity index is 742. The van der Waals surface area contributed by atoms with Gasteiger partial charge in [-0.05, 0) is 36.8 Å². The molecule has 1 aromatic carbocycles. The molecule has 124 valence electrons. The predicted octanol–water partition coefficient (Wildman–Crippen LogP) is 1.54. The SMILES string of the molecule is C[C@H](NS(=O)(=O)Cc1ccc(F)cc1)C(=O)NCc1ccco1. The van der Waals surface area contributed by atoms with E-state index in [1.54, 1.807) is 12.1 Å². The third-order valence-corrected chi connectivity index (χ3v) is 4.46. The number of amides is 1. The molecule has 0 saturated heterocycles. The summed E-state index contributed by atoms with van der Waals surface area (Å²) in [5, 5.41) is 2.57. The van der Waals surface area contributed by atoms with Crippen molar-refractivity contribution in [3.8, 4) is 0 Å². The van der Waals surface area contributed by atoms with Gasteiger partial charge in [-0.2, -0.15) is 0 Å². The van der Waals surface area contributed by atoms with Crippen LogP contribution in [0, 0.1) is 5.82 Å². The summed E-state index contributed by atoms with van der Waals surface area (Å²) in [4.78, 5) is 11.9. The molecular weight excluding hydrogens is 323 g/mol. The van der Waals surface area contributed by atoms with Crippen LogP contribution in [-0.2, 0) is 27.1 Å². The van der Waals surface area contributed by atoms with Crippen LogP contribution in [0.3, 0.4) is 0 Å². The van der Waals surface area contributed by atoms with Gasteiger partial charge in [-0.1, -0.05) is 12.1 Å². The molecule has 2 N–H and O–H groups in total. The van der Waals surface area contributed by atoms with E-state index in [2.05, 4.69) is 10.0 Å². The lowest BCUT2D eigenvalue weighted by Gasteiger charge is -2.14. The van der Waals surface area contributed by atoms with Crippen molar-refractivity contribution in [2.75, 3.05) is 0 Å². The summed E-state index contributed by atoms with van der Waals surface area (Å²) < 4.78 is 44.2. The molecule has 0 spiro atoms. The molecular formula is C15H17FN2O4S. The molecule has 0 saturated carbocycles. The maximum absolute atomic E-state index is 12.8. The van der Waals surface area contributed by atoms with Crippen LogP contribution in [0.2, 0.25) is 0 Å². The topological polar surface area (TPSA) is 88.4 Å². The number of carbonyl (C=O) groups is 1. The molecule has 0 aliphatic heterocycles. The lowest BCUT2D eigenvalue weighted by atomic mass is 10.2. The van der Waals surface area contributed by atoms with Crippen molar-refractivity contribution in [2.45, 2.75) is 25.3 Å². The summed E-state index contributed by atoms with van der Waals surface area (Å²) in [5.41, 5.74) is 0.432. The Morgan fingerprint density at radius 3 is 2.57 bits per heavy atom. The summed E-state index contributed by atoms with van der Waals surface area (Å²) in [7, 11) is -3.72. The zero-order valence-corrected chi connectivity index (χ0v) is 13.3. The third-order valence-electron chi connectivity index (χ3n) is 3.04. The van der Waals surface area contributed by atoms with Crippen LogP contribution in [0.1, 0.15) is 18.2 Å². The van der Waals surface area contributed by atoms with Gasteiger partial charge in [0, 0.05) is 0 Å². The van der Waals surface area contributed by atoms with Crippen molar-refractivity contribution in [1.82, 2.24) is 10.0 Å². The Morgan fingerprint density at radius 2 is 1.96 bits per heavy atom. The molecule has 0 aliphatic carbocycles. The minimum Gasteiger partial charge on any atom is -0.467 e. The van der Waals surface area contributed by atoms with Crippen molar-refractivity contribution in [2.24, 2.45) is 0 Å². The van der Waals surface area contributed by atoms with Crippen LogP contribution in [0.5, 0.6) is 0 Å². The average molecular weight is 340 g/mol. The monoisotopic (exact) mass is 340 g/mol. The highest BCUT2D eigenvalue weighted by Gasteiger charge is 2.20. The smallest absolute Gasteiger partial charge is 0.238 e. The molecule has 0 radical (unpaired) electrons. The molecule has 1 amide bonds. The third kappa shape index (κ3) is 5.50. The summed E-state index contributed by atoms with van der Waals surface area (Å²) in [5.74, 6) is -0.670. The van der Waals surface area contributed by atoms with Gasteiger partial charge in [0.2, 0.25) is 15.9 Å². The molecule has 0 aliphatic rings. The van der Waals surface area contributed by atoms with Crippen LogP contribution < -0.4 is 10.0 Å². The molecule has 6 nitrogen and oxygen atoms in total. The lowest BCUT2D eigenvalue weighted by Crippen LogP contribution is -2.44. The van der Waals surface area contributed by atoms with E-state index in [1.807, 2.05) is 0 Å². The molecule has 0 unspecified atom stereocenters. The second kappa shape index (κ2) is 7.38. The molecule has 2 rings (SSSR count). The minimum atomic E-state index is -3.72. The molecule has 1 heterocycles. The van der Waals surface area contributed by atoms with Crippen molar-refractivity contribution in [3.63, 3.8) is 0 Å². The molecule has 23 heavy (non-hydrogen) atoms. The van der Waals surface area contributed by atoms with Gasteiger partial charge < -0.3 is 9.73 Å². The van der Waals surface area contributed by atoms with Crippen LogP contribution in [-0.4, -0.2) is 20.4 Å². The van der Waals surface area contributed by atoms with Crippen molar-refractivity contribution in [1.29, 1.82) is 0 Å². The first-order valence-electron chi connectivity index (χ1n) is 6.90. The highest BCUT2D eigenvalue weighted by atomic mass is 32.2. The molecule has 1 aromatic heterocycles. The number of furan rings is 1. The van der Waals surface area contributed by atoms with Gasteiger partial charge in [0.25, 0.3) is 0 Å². The minimum absolute atomic E-state index is 0.176. The largest absolute Gasteiger partial charge is 0.467 e. The number of hydrogen-bond acceptors (Lipinski definition) is 4. The molecule has 8 heteroatoms. The number of nitrogens with one attached hydrogen (secondary N) is 2. The van der Waals surface area contributed by atoms with E-state index in [1.165, 1.54) is 37.5 Å². The quantitative estimate of drug-likeness (QED) is 0.800. The standard InChI is InChI=1S/C15H17FN2O4S/c1-11(15(19)17-9-14-3-2-8-22-14)18-23(20,21)10-12-4-6-13(16)7-5-12/h2-8,11,18H,9-10H2,1H3,(H,17,19)/t11-/m0/s1. The first-order chi connectivity index (χ1) is 10.9. The number of halogens is 1. The number of carbonyl (C=O) groups excluding carboxylic acids is 1. The van der Waals surface area contributed by atoms with Gasteiger partial charge in [-0.25, -0.2) is 17.5 Å². The Kier molecular flexibility index (Phi) is 5.51. The lowest BCUT2D eigenvalue weighted by molar-refractivity contribution is -0.122. The maximum atomic E-state index is 12.8. The van der Waals surface area contributed by atoms with E-state index in [-0.39, 0.29) is 12.3 Å². The second-order valence-corrected chi connectivity index (χ2v) is 6.78. The van der Waals surface area contributed by atoms with Crippen LogP contribution in [0.4, 0.5) is 4.39 Å². The first-order valence-corrected chi connectivity index (χ1v) is 8.55. The molecule has 2 aromatic rings. The zero-order valence-electron chi connectivity index (χ0n) is 12.5. The Labute approximate surface area is 133 Å². The summed E-state index contributed by atoms with van der Waals surface area (Å²) in [6.45, 7) is 1.62. The number of benzene rings is 1. The predicted molar refractivity (Wildman–Crippen MR) is 82.2 cm³/mol. The van der Waals surface area contributed by atoms with Gasteiger partial charge in [0.1, 0.15) is 11.6 Å². The van der Waals surface area contributed by atoms with E-state index in [0.29, 0.717) is 11.3 Å². The van der Waals surface area contributed by atoms with Gasteiger partial charge >= 0.3 is 0 Å². The van der Waals surface area contributed by atoms with Gasteiger partial charge in [0.05, 0.1) is 24.6 Å². The second-order valence-electron chi connectivity index (χ2n) is 5.02.